The summed E-state index contributed by atoms with van der Waals surface area (Å²) in [6.45, 7) is 3.42. The Balaban J connectivity index is 2.31. The molecule has 1 heterocycles. The van der Waals surface area contributed by atoms with Crippen LogP contribution in [-0.4, -0.2) is 48.3 Å². The zero-order valence-electron chi connectivity index (χ0n) is 16.9. The number of nitro benzene ring substituents is 1. The van der Waals surface area contributed by atoms with Crippen LogP contribution in [0.2, 0.25) is 0 Å². The minimum absolute atomic E-state index is 0.0946. The van der Waals surface area contributed by atoms with Gasteiger partial charge in [0.05, 0.1) is 22.0 Å². The molecule has 0 saturated heterocycles. The van der Waals surface area contributed by atoms with Crippen LogP contribution in [0.1, 0.15) is 38.1 Å². The van der Waals surface area contributed by atoms with Crippen molar-refractivity contribution in [2.75, 3.05) is 26.0 Å². The predicted molar refractivity (Wildman–Crippen MR) is 114 cm³/mol. The fourth-order valence-electron chi connectivity index (χ4n) is 2.53. The van der Waals surface area contributed by atoms with E-state index in [4.69, 9.17) is 4.74 Å². The first-order valence-electron chi connectivity index (χ1n) is 8.91. The number of benzene rings is 1. The van der Waals surface area contributed by atoms with Gasteiger partial charge in [0.15, 0.2) is 0 Å². The lowest BCUT2D eigenvalue weighted by Gasteiger charge is -2.09. The van der Waals surface area contributed by atoms with Gasteiger partial charge in [-0.2, -0.15) is 0 Å². The molecule has 0 bridgehead atoms. The summed E-state index contributed by atoms with van der Waals surface area (Å²) in [6.07, 6.45) is 2.61. The lowest BCUT2D eigenvalue weighted by molar-refractivity contribution is -0.384. The molecule has 30 heavy (non-hydrogen) atoms. The van der Waals surface area contributed by atoms with Crippen molar-refractivity contribution < 1.29 is 24.0 Å². The minimum atomic E-state index is -0.637. The zero-order chi connectivity index (χ0) is 22.4. The van der Waals surface area contributed by atoms with Crippen LogP contribution in [0.5, 0.6) is 0 Å². The Kier molecular flexibility index (Phi) is 7.43. The fourth-order valence-corrected chi connectivity index (χ4v) is 3.74. The zero-order valence-corrected chi connectivity index (χ0v) is 17.7. The predicted octanol–water partition coefficient (Wildman–Crippen LogP) is 3.50. The average molecular weight is 431 g/mol. The molecule has 0 spiro atoms. The molecule has 2 aromatic rings. The highest BCUT2D eigenvalue weighted by molar-refractivity contribution is 7.18. The highest BCUT2D eigenvalue weighted by Crippen LogP contribution is 2.34. The standard InChI is InChI=1S/C20H21N3O6S/c1-5-29-20(26)16-12(2)17(19(25)22(3)4)30-18(16)21-15(24)10-9-13-7-6-8-14(11-13)23(27)28/h6-11H,5H2,1-4H3,(H,21,24). The van der Waals surface area contributed by atoms with Crippen LogP contribution in [0.3, 0.4) is 0 Å². The van der Waals surface area contributed by atoms with Crippen LogP contribution in [0, 0.1) is 17.0 Å². The molecule has 0 atom stereocenters. The molecular formula is C20H21N3O6S. The quantitative estimate of drug-likeness (QED) is 0.310. The van der Waals surface area contributed by atoms with Crippen LogP contribution in [0.25, 0.3) is 6.08 Å². The minimum Gasteiger partial charge on any atom is -0.462 e. The van der Waals surface area contributed by atoms with E-state index in [9.17, 15) is 24.5 Å². The molecule has 0 aliphatic carbocycles. The molecule has 1 N–H and O–H groups in total. The maximum absolute atomic E-state index is 12.4. The summed E-state index contributed by atoms with van der Waals surface area (Å²) in [7, 11) is 3.18. The number of nitrogens with zero attached hydrogens (tertiary/aromatic N) is 2. The van der Waals surface area contributed by atoms with Gasteiger partial charge < -0.3 is 15.0 Å². The molecule has 10 heteroatoms. The van der Waals surface area contributed by atoms with E-state index in [2.05, 4.69) is 5.32 Å². The number of nitro groups is 1. The van der Waals surface area contributed by atoms with Gasteiger partial charge in [-0.15, -0.1) is 11.3 Å². The highest BCUT2D eigenvalue weighted by Gasteiger charge is 2.27. The first-order valence-corrected chi connectivity index (χ1v) is 9.73. The topological polar surface area (TPSA) is 119 Å². The van der Waals surface area contributed by atoms with Crippen LogP contribution in [0.4, 0.5) is 10.7 Å². The Morgan fingerprint density at radius 2 is 2.00 bits per heavy atom. The summed E-state index contributed by atoms with van der Waals surface area (Å²) in [5.41, 5.74) is 0.929. The van der Waals surface area contributed by atoms with Crippen LogP contribution >= 0.6 is 11.3 Å². The maximum atomic E-state index is 12.4. The number of non-ortho nitro benzene ring substituents is 1. The first-order chi connectivity index (χ1) is 14.1. The molecule has 0 aliphatic rings. The van der Waals surface area contributed by atoms with Gasteiger partial charge in [-0.05, 0) is 31.1 Å². The molecule has 1 aromatic heterocycles. The summed E-state index contributed by atoms with van der Waals surface area (Å²) in [5.74, 6) is -1.49. The van der Waals surface area contributed by atoms with Crippen LogP contribution in [-0.2, 0) is 9.53 Å². The molecule has 0 saturated carbocycles. The lowest BCUT2D eigenvalue weighted by Crippen LogP contribution is -2.21. The van der Waals surface area contributed by atoms with Crippen molar-refractivity contribution >= 4 is 45.9 Å². The van der Waals surface area contributed by atoms with Crippen LogP contribution in [0.15, 0.2) is 30.3 Å². The van der Waals surface area contributed by atoms with Crippen molar-refractivity contribution in [2.45, 2.75) is 13.8 Å². The molecule has 2 rings (SSSR count). The first kappa shape index (κ1) is 22.8. The van der Waals surface area contributed by atoms with Gasteiger partial charge in [0.2, 0.25) is 5.91 Å². The lowest BCUT2D eigenvalue weighted by atomic mass is 10.1. The number of ether oxygens (including phenoxy) is 1. The number of carbonyl (C=O) groups is 3. The third-order valence-corrected chi connectivity index (χ3v) is 5.17. The van der Waals surface area contributed by atoms with Gasteiger partial charge >= 0.3 is 5.97 Å². The van der Waals surface area contributed by atoms with E-state index in [0.29, 0.717) is 16.0 Å². The molecular weight excluding hydrogens is 410 g/mol. The molecule has 0 aliphatic heterocycles. The van der Waals surface area contributed by atoms with Crippen LogP contribution < -0.4 is 5.32 Å². The Morgan fingerprint density at radius 1 is 1.30 bits per heavy atom. The number of nitrogens with one attached hydrogen (secondary N) is 1. The summed E-state index contributed by atoms with van der Waals surface area (Å²) >= 11 is 0.986. The number of amides is 2. The number of anilines is 1. The van der Waals surface area contributed by atoms with Crippen molar-refractivity contribution in [3.63, 3.8) is 0 Å². The average Bonchev–Trinajstić information content (AvgIpc) is 3.01. The molecule has 9 nitrogen and oxygen atoms in total. The second-order valence-corrected chi connectivity index (χ2v) is 7.38. The summed E-state index contributed by atoms with van der Waals surface area (Å²) in [6, 6.07) is 5.80. The smallest absolute Gasteiger partial charge is 0.341 e. The van der Waals surface area contributed by atoms with Crippen molar-refractivity contribution in [2.24, 2.45) is 0 Å². The molecule has 2 amide bonds. The van der Waals surface area contributed by atoms with Gasteiger partial charge in [0.25, 0.3) is 11.6 Å². The Hall–Kier alpha value is -3.53. The number of carbonyl (C=O) groups excluding carboxylic acids is 3. The maximum Gasteiger partial charge on any atom is 0.341 e. The molecule has 0 radical (unpaired) electrons. The van der Waals surface area contributed by atoms with Gasteiger partial charge in [-0.25, -0.2) is 4.79 Å². The summed E-state index contributed by atoms with van der Waals surface area (Å²) < 4.78 is 5.06. The highest BCUT2D eigenvalue weighted by atomic mass is 32.1. The number of esters is 1. The second kappa shape index (κ2) is 9.79. The van der Waals surface area contributed by atoms with E-state index in [0.717, 1.165) is 11.3 Å². The number of hydrogen-bond acceptors (Lipinski definition) is 7. The number of hydrogen-bond donors (Lipinski definition) is 1. The fraction of sp³-hybridized carbons (Fsp3) is 0.250. The SMILES string of the molecule is CCOC(=O)c1c(NC(=O)C=Cc2cccc([N+](=O)[O-])c2)sc(C(=O)N(C)C)c1C. The van der Waals surface area contributed by atoms with Crippen molar-refractivity contribution in [1.29, 1.82) is 0 Å². The monoisotopic (exact) mass is 431 g/mol. The van der Waals surface area contributed by atoms with Gasteiger partial charge in [-0.1, -0.05) is 12.1 Å². The van der Waals surface area contributed by atoms with Gasteiger partial charge in [-0.3, -0.25) is 19.7 Å². The normalized spacial score (nSPS) is 10.7. The van der Waals surface area contributed by atoms with E-state index in [1.807, 2.05) is 0 Å². The molecule has 0 fully saturated rings. The van der Waals surface area contributed by atoms with Gasteiger partial charge in [0, 0.05) is 32.3 Å². The Bertz CT molecular complexity index is 1030. The number of rotatable bonds is 7. The Labute approximate surface area is 177 Å². The second-order valence-electron chi connectivity index (χ2n) is 6.36. The van der Waals surface area contributed by atoms with E-state index in [1.165, 1.54) is 35.3 Å². The van der Waals surface area contributed by atoms with Crippen molar-refractivity contribution in [3.05, 3.63) is 62.0 Å². The van der Waals surface area contributed by atoms with E-state index in [-0.39, 0.29) is 28.8 Å². The largest absolute Gasteiger partial charge is 0.462 e. The van der Waals surface area contributed by atoms with E-state index in [1.54, 1.807) is 34.0 Å². The molecule has 158 valence electrons. The molecule has 1 aromatic carbocycles. The summed E-state index contributed by atoms with van der Waals surface area (Å²) in [4.78, 5) is 49.2. The molecule has 0 unspecified atom stereocenters. The van der Waals surface area contributed by atoms with Gasteiger partial charge in [0.1, 0.15) is 5.00 Å². The third kappa shape index (κ3) is 5.29. The van der Waals surface area contributed by atoms with E-state index < -0.39 is 16.8 Å². The Morgan fingerprint density at radius 3 is 2.60 bits per heavy atom. The van der Waals surface area contributed by atoms with Crippen molar-refractivity contribution in [3.8, 4) is 0 Å². The third-order valence-electron chi connectivity index (χ3n) is 3.97. The van der Waals surface area contributed by atoms with Crippen molar-refractivity contribution in [1.82, 2.24) is 4.90 Å². The summed E-state index contributed by atoms with van der Waals surface area (Å²) in [5, 5.41) is 13.7. The number of thiophene rings is 1. The van der Waals surface area contributed by atoms with E-state index >= 15 is 0 Å².